The number of hydrogen-bond donors (Lipinski definition) is 0. The van der Waals surface area contributed by atoms with Gasteiger partial charge in [0.15, 0.2) is 0 Å². The van der Waals surface area contributed by atoms with E-state index in [9.17, 15) is 4.79 Å². The third kappa shape index (κ3) is 3.23. The average molecular weight is 309 g/mol. The van der Waals surface area contributed by atoms with Crippen molar-refractivity contribution in [3.63, 3.8) is 0 Å². The Morgan fingerprint density at radius 1 is 1.43 bits per heavy atom. The largest absolute Gasteiger partial charge is 0.371 e. The number of carbonyl (C=O) groups is 1. The zero-order valence-electron chi connectivity index (χ0n) is 12.5. The van der Waals surface area contributed by atoms with E-state index in [2.05, 4.69) is 11.0 Å². The highest BCUT2D eigenvalue weighted by atomic mass is 35.5. The summed E-state index contributed by atoms with van der Waals surface area (Å²) in [7, 11) is 3.63. The second kappa shape index (κ2) is 5.95. The van der Waals surface area contributed by atoms with Crippen LogP contribution in [0.4, 0.5) is 0 Å². The first-order chi connectivity index (χ1) is 10.0. The summed E-state index contributed by atoms with van der Waals surface area (Å²) in [5.74, 6) is 0.196. The number of morpholine rings is 1. The van der Waals surface area contributed by atoms with Gasteiger partial charge in [0.2, 0.25) is 5.91 Å². The molecule has 0 spiro atoms. The van der Waals surface area contributed by atoms with E-state index in [0.717, 1.165) is 31.1 Å². The maximum atomic E-state index is 12.2. The standard InChI is InChI=1S/C16H21ClN2O2/c1-18(2)16(20)14-7-13-9-19(10-15(14)21-13)8-11-4-3-5-12(17)6-11/h3-6,13-15H,7-10H2,1-2H3/t13-,14+,15-/m1/s1. The molecule has 114 valence electrons. The smallest absolute Gasteiger partial charge is 0.227 e. The van der Waals surface area contributed by atoms with Crippen molar-refractivity contribution >= 4 is 17.5 Å². The molecule has 5 heteroatoms. The van der Waals surface area contributed by atoms with Crippen LogP contribution in [0.3, 0.4) is 0 Å². The van der Waals surface area contributed by atoms with E-state index >= 15 is 0 Å². The van der Waals surface area contributed by atoms with Crippen LogP contribution < -0.4 is 0 Å². The number of ether oxygens (including phenoxy) is 1. The van der Waals surface area contributed by atoms with Crippen molar-refractivity contribution in [2.24, 2.45) is 5.92 Å². The van der Waals surface area contributed by atoms with Gasteiger partial charge in [0.1, 0.15) is 0 Å². The van der Waals surface area contributed by atoms with Gasteiger partial charge >= 0.3 is 0 Å². The molecular formula is C16H21ClN2O2. The molecule has 1 amide bonds. The Morgan fingerprint density at radius 2 is 2.24 bits per heavy atom. The second-order valence-electron chi connectivity index (χ2n) is 6.20. The predicted octanol–water partition coefficient (Wildman–Crippen LogP) is 2.02. The first-order valence-electron chi connectivity index (χ1n) is 7.36. The van der Waals surface area contributed by atoms with Crippen LogP contribution in [-0.4, -0.2) is 55.1 Å². The third-order valence-corrected chi connectivity index (χ3v) is 4.52. The van der Waals surface area contributed by atoms with Crippen LogP contribution >= 0.6 is 11.6 Å². The molecule has 3 rings (SSSR count). The first kappa shape index (κ1) is 14.8. The lowest BCUT2D eigenvalue weighted by Crippen LogP contribution is -2.44. The van der Waals surface area contributed by atoms with Gasteiger partial charge in [-0.15, -0.1) is 0 Å². The van der Waals surface area contributed by atoms with Crippen molar-refractivity contribution in [1.29, 1.82) is 0 Å². The normalized spacial score (nSPS) is 28.6. The number of nitrogens with zero attached hydrogens (tertiary/aromatic N) is 2. The molecule has 2 aliphatic heterocycles. The van der Waals surface area contributed by atoms with Crippen molar-refractivity contribution in [2.75, 3.05) is 27.2 Å². The number of carbonyl (C=O) groups excluding carboxylic acids is 1. The van der Waals surface area contributed by atoms with Gasteiger partial charge in [-0.25, -0.2) is 0 Å². The Hall–Kier alpha value is -1.10. The minimum atomic E-state index is 0.00867. The number of halogens is 1. The van der Waals surface area contributed by atoms with E-state index in [0.29, 0.717) is 0 Å². The fraction of sp³-hybridized carbons (Fsp3) is 0.562. The molecule has 21 heavy (non-hydrogen) atoms. The number of rotatable bonds is 3. The number of likely N-dealkylation sites (tertiary alicyclic amines) is 1. The highest BCUT2D eigenvalue weighted by molar-refractivity contribution is 6.30. The molecule has 1 aromatic rings. The summed E-state index contributed by atoms with van der Waals surface area (Å²) in [6, 6.07) is 7.96. The summed E-state index contributed by atoms with van der Waals surface area (Å²) >= 11 is 6.04. The zero-order chi connectivity index (χ0) is 15.0. The molecule has 4 nitrogen and oxygen atoms in total. The van der Waals surface area contributed by atoms with Gasteiger partial charge in [0, 0.05) is 38.8 Å². The molecule has 2 fully saturated rings. The lowest BCUT2D eigenvalue weighted by molar-refractivity contribution is -0.136. The van der Waals surface area contributed by atoms with Gasteiger partial charge in [0.25, 0.3) is 0 Å². The van der Waals surface area contributed by atoms with Gasteiger partial charge in [-0.1, -0.05) is 23.7 Å². The topological polar surface area (TPSA) is 32.8 Å². The van der Waals surface area contributed by atoms with Crippen LogP contribution in [0.2, 0.25) is 5.02 Å². The van der Waals surface area contributed by atoms with Crippen LogP contribution in [0, 0.1) is 5.92 Å². The molecule has 2 aliphatic rings. The van der Waals surface area contributed by atoms with Crippen LogP contribution in [0.5, 0.6) is 0 Å². The van der Waals surface area contributed by atoms with Crippen molar-refractivity contribution in [3.05, 3.63) is 34.9 Å². The summed E-state index contributed by atoms with van der Waals surface area (Å²) in [6.45, 7) is 2.56. The Morgan fingerprint density at radius 3 is 2.95 bits per heavy atom. The Kier molecular flexibility index (Phi) is 4.20. The van der Waals surface area contributed by atoms with Gasteiger partial charge in [0.05, 0.1) is 18.1 Å². The molecule has 0 aliphatic carbocycles. The fourth-order valence-corrected chi connectivity index (χ4v) is 3.56. The lowest BCUT2D eigenvalue weighted by Gasteiger charge is -2.33. The summed E-state index contributed by atoms with van der Waals surface area (Å²) in [4.78, 5) is 16.3. The molecule has 2 bridgehead atoms. The minimum Gasteiger partial charge on any atom is -0.371 e. The molecule has 0 aromatic heterocycles. The maximum absolute atomic E-state index is 12.2. The van der Waals surface area contributed by atoms with Gasteiger partial charge in [-0.3, -0.25) is 9.69 Å². The molecule has 0 saturated carbocycles. The summed E-state index contributed by atoms with van der Waals surface area (Å²) < 4.78 is 5.96. The third-order valence-electron chi connectivity index (χ3n) is 4.29. The SMILES string of the molecule is CN(C)C(=O)[C@H]1C[C@@H]2CN(Cc3cccc(Cl)c3)C[C@H]1O2. The molecule has 1 aromatic carbocycles. The van der Waals surface area contributed by atoms with E-state index in [-0.39, 0.29) is 24.0 Å². The highest BCUT2D eigenvalue weighted by Gasteiger charge is 2.44. The lowest BCUT2D eigenvalue weighted by atomic mass is 9.99. The summed E-state index contributed by atoms with van der Waals surface area (Å²) in [5.41, 5.74) is 1.21. The van der Waals surface area contributed by atoms with Gasteiger partial charge < -0.3 is 9.64 Å². The van der Waals surface area contributed by atoms with E-state index < -0.39 is 0 Å². The first-order valence-corrected chi connectivity index (χ1v) is 7.74. The van der Waals surface area contributed by atoms with Crippen molar-refractivity contribution < 1.29 is 9.53 Å². The summed E-state index contributed by atoms with van der Waals surface area (Å²) in [6.07, 6.45) is 1.04. The highest BCUT2D eigenvalue weighted by Crippen LogP contribution is 2.33. The Labute approximate surface area is 130 Å². The minimum absolute atomic E-state index is 0.00867. The van der Waals surface area contributed by atoms with E-state index in [1.807, 2.05) is 32.3 Å². The number of hydrogen-bond acceptors (Lipinski definition) is 3. The number of fused-ring (bicyclic) bond motifs is 2. The average Bonchev–Trinajstić information content (AvgIpc) is 2.73. The summed E-state index contributed by atoms with van der Waals surface area (Å²) in [5, 5.41) is 0.768. The van der Waals surface area contributed by atoms with Crippen molar-refractivity contribution in [3.8, 4) is 0 Å². The number of amides is 1. The molecule has 3 atom stereocenters. The molecule has 0 unspecified atom stereocenters. The van der Waals surface area contributed by atoms with Crippen LogP contribution in [-0.2, 0) is 16.1 Å². The van der Waals surface area contributed by atoms with E-state index in [4.69, 9.17) is 16.3 Å². The second-order valence-corrected chi connectivity index (χ2v) is 6.63. The maximum Gasteiger partial charge on any atom is 0.227 e. The van der Waals surface area contributed by atoms with E-state index in [1.54, 1.807) is 4.90 Å². The molecule has 2 heterocycles. The Balaban J connectivity index is 1.66. The van der Waals surface area contributed by atoms with Crippen LogP contribution in [0.25, 0.3) is 0 Å². The van der Waals surface area contributed by atoms with Crippen molar-refractivity contribution in [1.82, 2.24) is 9.80 Å². The van der Waals surface area contributed by atoms with E-state index in [1.165, 1.54) is 5.56 Å². The van der Waals surface area contributed by atoms with Gasteiger partial charge in [-0.05, 0) is 24.1 Å². The van der Waals surface area contributed by atoms with Gasteiger partial charge in [-0.2, -0.15) is 0 Å². The molecule has 2 saturated heterocycles. The Bertz CT molecular complexity index is 535. The molecule has 0 radical (unpaired) electrons. The molecule has 0 N–H and O–H groups in total. The van der Waals surface area contributed by atoms with Crippen LogP contribution in [0.15, 0.2) is 24.3 Å². The predicted molar refractivity (Wildman–Crippen MR) is 82.2 cm³/mol. The zero-order valence-corrected chi connectivity index (χ0v) is 13.2. The quantitative estimate of drug-likeness (QED) is 0.856. The monoisotopic (exact) mass is 308 g/mol. The fourth-order valence-electron chi connectivity index (χ4n) is 3.35. The van der Waals surface area contributed by atoms with Crippen molar-refractivity contribution in [2.45, 2.75) is 25.2 Å². The number of benzene rings is 1. The van der Waals surface area contributed by atoms with Crippen LogP contribution in [0.1, 0.15) is 12.0 Å². The molecular weight excluding hydrogens is 288 g/mol.